The molecule has 0 radical (unpaired) electrons. The van der Waals surface area contributed by atoms with E-state index in [1.165, 1.54) is 39.0 Å². The molecule has 0 saturated carbocycles. The number of hydrogen-bond acceptors (Lipinski definition) is 9. The molecule has 11 heteroatoms. The summed E-state index contributed by atoms with van der Waals surface area (Å²) in [5, 5.41) is 13.9. The van der Waals surface area contributed by atoms with Crippen molar-refractivity contribution in [2.24, 2.45) is 5.41 Å². The molecule has 3 aliphatic rings. The van der Waals surface area contributed by atoms with Crippen LogP contribution in [0, 0.1) is 5.41 Å². The number of anilines is 2. The molecule has 2 N–H and O–H groups in total. The number of piperidine rings is 2. The number of nitrogens with zero attached hydrogens (tertiary/aromatic N) is 7. The highest BCUT2D eigenvalue weighted by Crippen LogP contribution is 2.42. The Kier molecular flexibility index (Phi) is 8.40. The maximum absolute atomic E-state index is 13.6. The highest BCUT2D eigenvalue weighted by atomic mass is 16.5. The van der Waals surface area contributed by atoms with Crippen molar-refractivity contribution in [2.45, 2.75) is 57.7 Å². The van der Waals surface area contributed by atoms with Crippen molar-refractivity contribution in [1.29, 1.82) is 0 Å². The third-order valence-corrected chi connectivity index (χ3v) is 10.3. The standard InChI is InChI=1S/C36H46N8O3/c1-35(2,46)22-44-31-20-27(42-15-9-26(10-16-42)43-23-36(24-43)11-17-41(3)18-12-36)5-6-29(31)39-34(44)40-33(45)25-7-14-38-30(19-25)28-21-37-13-8-32(28)47-4/h5-8,13-14,19-21,26,46H,9-12,15-18,22-24H2,1-4H3,(H,39,40,45). The number of hydrogen-bond donors (Lipinski definition) is 2. The summed E-state index contributed by atoms with van der Waals surface area (Å²) in [6, 6.07) is 12.1. The predicted octanol–water partition coefficient (Wildman–Crippen LogP) is 4.52. The summed E-state index contributed by atoms with van der Waals surface area (Å²) in [7, 11) is 3.83. The quantitative estimate of drug-likeness (QED) is 0.288. The number of methoxy groups -OCH3 is 1. The van der Waals surface area contributed by atoms with Gasteiger partial charge in [0.05, 0.1) is 41.5 Å². The minimum absolute atomic E-state index is 0.269. The Balaban J connectivity index is 1.07. The smallest absolute Gasteiger partial charge is 0.258 e. The van der Waals surface area contributed by atoms with Crippen LogP contribution in [0.1, 0.15) is 49.9 Å². The predicted molar refractivity (Wildman–Crippen MR) is 184 cm³/mol. The molecule has 7 rings (SSSR count). The van der Waals surface area contributed by atoms with Crippen LogP contribution < -0.4 is 15.0 Å². The van der Waals surface area contributed by atoms with Crippen LogP contribution in [0.5, 0.6) is 5.75 Å². The second kappa shape index (κ2) is 12.5. The topological polar surface area (TPSA) is 112 Å². The Labute approximate surface area is 276 Å². The van der Waals surface area contributed by atoms with E-state index in [0.29, 0.717) is 40.0 Å². The number of imidazole rings is 1. The van der Waals surface area contributed by atoms with E-state index >= 15 is 0 Å². The summed E-state index contributed by atoms with van der Waals surface area (Å²) < 4.78 is 7.38. The fourth-order valence-corrected chi connectivity index (χ4v) is 7.57. The number of aliphatic hydroxyl groups is 1. The fraction of sp³-hybridized carbons (Fsp3) is 0.500. The molecule has 1 amide bonds. The summed E-state index contributed by atoms with van der Waals surface area (Å²) in [5.74, 6) is 0.693. The molecule has 0 aliphatic carbocycles. The number of carbonyl (C=O) groups excluding carboxylic acids is 1. The number of fused-ring (bicyclic) bond motifs is 1. The summed E-state index contributed by atoms with van der Waals surface area (Å²) in [4.78, 5) is 34.7. The summed E-state index contributed by atoms with van der Waals surface area (Å²) >= 11 is 0. The maximum atomic E-state index is 13.6. The lowest BCUT2D eigenvalue weighted by molar-refractivity contribution is -0.0704. The molecule has 11 nitrogen and oxygen atoms in total. The van der Waals surface area contributed by atoms with Gasteiger partial charge in [0.15, 0.2) is 0 Å². The lowest BCUT2D eigenvalue weighted by atomic mass is 9.71. The van der Waals surface area contributed by atoms with E-state index in [0.717, 1.165) is 42.7 Å². The van der Waals surface area contributed by atoms with Crippen LogP contribution in [0.2, 0.25) is 0 Å². The molecule has 3 aliphatic heterocycles. The van der Waals surface area contributed by atoms with Crippen LogP contribution in [-0.4, -0.2) is 105 Å². The molecule has 4 aromatic rings. The van der Waals surface area contributed by atoms with Gasteiger partial charge < -0.3 is 24.2 Å². The zero-order valence-corrected chi connectivity index (χ0v) is 27.9. The normalized spacial score (nSPS) is 19.2. The molecule has 248 valence electrons. The molecule has 3 aromatic heterocycles. The first-order valence-corrected chi connectivity index (χ1v) is 16.8. The van der Waals surface area contributed by atoms with E-state index in [-0.39, 0.29) is 12.5 Å². The summed E-state index contributed by atoms with van der Waals surface area (Å²) in [5.41, 5.74) is 4.03. The van der Waals surface area contributed by atoms with Gasteiger partial charge in [0.25, 0.3) is 5.91 Å². The van der Waals surface area contributed by atoms with E-state index in [2.05, 4.69) is 49.2 Å². The van der Waals surface area contributed by atoms with Gasteiger partial charge in [0.1, 0.15) is 5.75 Å². The van der Waals surface area contributed by atoms with Gasteiger partial charge in [0.2, 0.25) is 5.95 Å². The van der Waals surface area contributed by atoms with Crippen molar-refractivity contribution in [3.63, 3.8) is 0 Å². The number of ether oxygens (including phenoxy) is 1. The summed E-state index contributed by atoms with van der Waals surface area (Å²) in [6.07, 6.45) is 9.92. The molecular formula is C36H46N8O3. The van der Waals surface area contributed by atoms with Gasteiger partial charge in [-0.05, 0) is 101 Å². The number of pyridine rings is 2. The fourth-order valence-electron chi connectivity index (χ4n) is 7.57. The Morgan fingerprint density at radius 3 is 2.55 bits per heavy atom. The lowest BCUT2D eigenvalue weighted by Gasteiger charge is -2.57. The average molecular weight is 639 g/mol. The molecule has 0 unspecified atom stereocenters. The van der Waals surface area contributed by atoms with Gasteiger partial charge in [-0.15, -0.1) is 0 Å². The number of benzene rings is 1. The molecule has 0 bridgehead atoms. The van der Waals surface area contributed by atoms with Crippen LogP contribution in [0.15, 0.2) is 55.0 Å². The minimum Gasteiger partial charge on any atom is -0.496 e. The van der Waals surface area contributed by atoms with Gasteiger partial charge >= 0.3 is 0 Å². The van der Waals surface area contributed by atoms with Crippen LogP contribution in [0.25, 0.3) is 22.3 Å². The maximum Gasteiger partial charge on any atom is 0.258 e. The van der Waals surface area contributed by atoms with Gasteiger partial charge in [-0.25, -0.2) is 4.98 Å². The van der Waals surface area contributed by atoms with E-state index < -0.39 is 5.60 Å². The first-order chi connectivity index (χ1) is 22.6. The molecule has 6 heterocycles. The number of likely N-dealkylation sites (tertiary alicyclic amines) is 2. The van der Waals surface area contributed by atoms with Gasteiger partial charge in [-0.1, -0.05) is 0 Å². The van der Waals surface area contributed by atoms with Crippen molar-refractivity contribution in [1.82, 2.24) is 29.3 Å². The Morgan fingerprint density at radius 1 is 1.06 bits per heavy atom. The van der Waals surface area contributed by atoms with Gasteiger partial charge in [0, 0.05) is 62.1 Å². The van der Waals surface area contributed by atoms with E-state index in [4.69, 9.17) is 9.72 Å². The lowest BCUT2D eigenvalue weighted by Crippen LogP contribution is -2.63. The molecule has 1 spiro atoms. The van der Waals surface area contributed by atoms with Gasteiger partial charge in [-0.3, -0.25) is 25.0 Å². The zero-order chi connectivity index (χ0) is 32.8. The van der Waals surface area contributed by atoms with Crippen molar-refractivity contribution >= 4 is 28.6 Å². The second-order valence-corrected chi connectivity index (χ2v) is 14.4. The minimum atomic E-state index is -1.02. The zero-order valence-electron chi connectivity index (χ0n) is 27.9. The van der Waals surface area contributed by atoms with Crippen LogP contribution in [0.3, 0.4) is 0 Å². The Morgan fingerprint density at radius 2 is 1.83 bits per heavy atom. The molecule has 47 heavy (non-hydrogen) atoms. The van der Waals surface area contributed by atoms with E-state index in [9.17, 15) is 9.90 Å². The van der Waals surface area contributed by atoms with Crippen LogP contribution in [-0.2, 0) is 6.54 Å². The van der Waals surface area contributed by atoms with Crippen molar-refractivity contribution in [2.75, 3.05) is 63.6 Å². The molecule has 3 saturated heterocycles. The third-order valence-electron chi connectivity index (χ3n) is 10.3. The molecule has 3 fully saturated rings. The number of rotatable bonds is 8. The van der Waals surface area contributed by atoms with E-state index in [1.54, 1.807) is 57.7 Å². The van der Waals surface area contributed by atoms with Crippen molar-refractivity contribution in [3.05, 3.63) is 60.6 Å². The number of amides is 1. The number of carbonyl (C=O) groups is 1. The SMILES string of the molecule is COc1ccncc1-c1cc(C(=O)Nc2nc3ccc(N4CCC(N5CC6(CCN(C)CC6)C5)CC4)cc3n2CC(C)(C)O)ccn1. The third kappa shape index (κ3) is 6.57. The van der Waals surface area contributed by atoms with Gasteiger partial charge in [-0.2, -0.15) is 0 Å². The highest BCUT2D eigenvalue weighted by Gasteiger charge is 2.46. The first kappa shape index (κ1) is 31.5. The first-order valence-electron chi connectivity index (χ1n) is 16.8. The largest absolute Gasteiger partial charge is 0.496 e. The van der Waals surface area contributed by atoms with Crippen LogP contribution >= 0.6 is 0 Å². The Bertz CT molecular complexity index is 1740. The van der Waals surface area contributed by atoms with Crippen molar-refractivity contribution < 1.29 is 14.6 Å². The number of aromatic nitrogens is 4. The van der Waals surface area contributed by atoms with Crippen LogP contribution in [0.4, 0.5) is 11.6 Å². The average Bonchev–Trinajstić information content (AvgIpc) is 3.38. The monoisotopic (exact) mass is 638 g/mol. The number of nitrogens with one attached hydrogen (secondary N) is 1. The summed E-state index contributed by atoms with van der Waals surface area (Å²) in [6.45, 7) is 10.8. The van der Waals surface area contributed by atoms with Crippen molar-refractivity contribution in [3.8, 4) is 17.0 Å². The molecule has 0 atom stereocenters. The second-order valence-electron chi connectivity index (χ2n) is 14.4. The Hall–Kier alpha value is -4.06. The highest BCUT2D eigenvalue weighted by molar-refractivity contribution is 6.04. The molecular weight excluding hydrogens is 592 g/mol. The molecule has 1 aromatic carbocycles. The van der Waals surface area contributed by atoms with E-state index in [1.807, 2.05) is 10.6 Å².